The van der Waals surface area contributed by atoms with Gasteiger partial charge in [0, 0.05) is 6.04 Å². The normalized spacial score (nSPS) is 16.9. The van der Waals surface area contributed by atoms with E-state index < -0.39 is 0 Å². The maximum Gasteiger partial charge on any atom is 0.0117 e. The lowest BCUT2D eigenvalue weighted by Crippen LogP contribution is -2.24. The van der Waals surface area contributed by atoms with Gasteiger partial charge in [0.2, 0.25) is 0 Å². The third-order valence-corrected chi connectivity index (χ3v) is 4.27. The van der Waals surface area contributed by atoms with E-state index in [1.165, 1.54) is 42.0 Å². The summed E-state index contributed by atoms with van der Waals surface area (Å²) >= 11 is 0. The first kappa shape index (κ1) is 13.4. The van der Waals surface area contributed by atoms with Gasteiger partial charge in [-0.05, 0) is 54.9 Å². The van der Waals surface area contributed by atoms with Crippen LogP contribution in [0.3, 0.4) is 0 Å². The van der Waals surface area contributed by atoms with Gasteiger partial charge in [0.25, 0.3) is 0 Å². The number of rotatable bonds is 4. The molecule has 0 heterocycles. The molecule has 0 spiro atoms. The Balaban J connectivity index is 1.74. The second-order valence-corrected chi connectivity index (χ2v) is 5.91. The zero-order chi connectivity index (χ0) is 13.8. The fourth-order valence-corrected chi connectivity index (χ4v) is 3.25. The van der Waals surface area contributed by atoms with Crippen LogP contribution in [0.1, 0.15) is 37.7 Å². The Morgan fingerprint density at radius 3 is 2.65 bits per heavy atom. The molecule has 0 amide bonds. The molecule has 20 heavy (non-hydrogen) atoms. The number of allylic oxidation sites excluding steroid dienone is 1. The van der Waals surface area contributed by atoms with E-state index in [0.717, 1.165) is 12.8 Å². The lowest BCUT2D eigenvalue weighted by molar-refractivity contribution is 0.607. The van der Waals surface area contributed by atoms with E-state index in [9.17, 15) is 0 Å². The van der Waals surface area contributed by atoms with E-state index >= 15 is 0 Å². The third kappa shape index (κ3) is 3.10. The first-order chi connectivity index (χ1) is 9.83. The Bertz CT molecular complexity index is 607. The first-order valence-electron chi connectivity index (χ1n) is 7.73. The van der Waals surface area contributed by atoms with Gasteiger partial charge < -0.3 is 5.73 Å². The van der Waals surface area contributed by atoms with Crippen molar-refractivity contribution in [2.24, 2.45) is 5.73 Å². The Kier molecular flexibility index (Phi) is 4.17. The largest absolute Gasteiger partial charge is 0.327 e. The molecule has 1 aliphatic rings. The molecule has 1 atom stereocenters. The number of hydrogen-bond donors (Lipinski definition) is 1. The zero-order valence-corrected chi connectivity index (χ0v) is 12.0. The van der Waals surface area contributed by atoms with E-state index in [2.05, 4.69) is 48.5 Å². The minimum Gasteiger partial charge on any atom is -0.327 e. The van der Waals surface area contributed by atoms with Gasteiger partial charge in [0.1, 0.15) is 0 Å². The van der Waals surface area contributed by atoms with Gasteiger partial charge in [-0.25, -0.2) is 0 Å². The summed E-state index contributed by atoms with van der Waals surface area (Å²) in [6, 6.07) is 15.4. The average Bonchev–Trinajstić information content (AvgIpc) is 2.48. The molecule has 0 saturated carbocycles. The van der Waals surface area contributed by atoms with Crippen LogP contribution in [0.2, 0.25) is 0 Å². The highest BCUT2D eigenvalue weighted by Crippen LogP contribution is 2.24. The van der Waals surface area contributed by atoms with Crippen LogP contribution in [0.15, 0.2) is 54.1 Å². The van der Waals surface area contributed by atoms with Crippen molar-refractivity contribution >= 4 is 10.8 Å². The van der Waals surface area contributed by atoms with E-state index in [1.54, 1.807) is 5.57 Å². The van der Waals surface area contributed by atoms with Gasteiger partial charge in [-0.3, -0.25) is 0 Å². The van der Waals surface area contributed by atoms with Gasteiger partial charge in [-0.1, -0.05) is 54.1 Å². The van der Waals surface area contributed by atoms with Crippen LogP contribution in [0.5, 0.6) is 0 Å². The Morgan fingerprint density at radius 1 is 0.950 bits per heavy atom. The lowest BCUT2D eigenvalue weighted by atomic mass is 9.91. The maximum absolute atomic E-state index is 6.39. The summed E-state index contributed by atoms with van der Waals surface area (Å²) < 4.78 is 0. The molecule has 0 bridgehead atoms. The molecule has 2 N–H and O–H groups in total. The monoisotopic (exact) mass is 265 g/mol. The molecular weight excluding hydrogens is 242 g/mol. The first-order valence-corrected chi connectivity index (χ1v) is 7.73. The molecule has 0 radical (unpaired) electrons. The second-order valence-electron chi connectivity index (χ2n) is 5.91. The number of nitrogens with two attached hydrogens (primary N) is 1. The molecule has 0 saturated heterocycles. The van der Waals surface area contributed by atoms with Gasteiger partial charge >= 0.3 is 0 Å². The fourth-order valence-electron chi connectivity index (χ4n) is 3.25. The molecule has 0 fully saturated rings. The number of benzene rings is 2. The smallest absolute Gasteiger partial charge is 0.0117 e. The molecule has 104 valence electrons. The van der Waals surface area contributed by atoms with Gasteiger partial charge in [-0.2, -0.15) is 0 Å². The quantitative estimate of drug-likeness (QED) is 0.803. The highest BCUT2D eigenvalue weighted by Gasteiger charge is 2.11. The lowest BCUT2D eigenvalue weighted by Gasteiger charge is -2.18. The highest BCUT2D eigenvalue weighted by atomic mass is 14.6. The second kappa shape index (κ2) is 6.23. The van der Waals surface area contributed by atoms with Crippen molar-refractivity contribution in [2.75, 3.05) is 0 Å². The van der Waals surface area contributed by atoms with Crippen LogP contribution >= 0.6 is 0 Å². The summed E-state index contributed by atoms with van der Waals surface area (Å²) in [6.07, 6.45) is 9.63. The predicted octanol–water partition coefficient (Wildman–Crippen LogP) is 4.60. The molecule has 1 unspecified atom stereocenters. The standard InChI is InChI=1S/C19H23N/c20-18(13-15-7-2-1-3-8-15)14-17-11-6-10-16-9-4-5-12-19(16)17/h4-7,9-12,18H,1-3,8,13-14,20H2. The zero-order valence-electron chi connectivity index (χ0n) is 12.0. The molecule has 2 aromatic carbocycles. The van der Waals surface area contributed by atoms with Crippen molar-refractivity contribution < 1.29 is 0 Å². The van der Waals surface area contributed by atoms with Crippen molar-refractivity contribution in [2.45, 2.75) is 44.6 Å². The van der Waals surface area contributed by atoms with Crippen LogP contribution in [-0.2, 0) is 6.42 Å². The molecule has 1 aliphatic carbocycles. The average molecular weight is 265 g/mol. The van der Waals surface area contributed by atoms with E-state index in [-0.39, 0.29) is 6.04 Å². The SMILES string of the molecule is NC(CC1=CCCCC1)Cc1cccc2ccccc12. The van der Waals surface area contributed by atoms with Gasteiger partial charge in [0.05, 0.1) is 0 Å². The van der Waals surface area contributed by atoms with Crippen molar-refractivity contribution in [1.82, 2.24) is 0 Å². The topological polar surface area (TPSA) is 26.0 Å². The van der Waals surface area contributed by atoms with Crippen molar-refractivity contribution in [3.8, 4) is 0 Å². The molecule has 0 aliphatic heterocycles. The van der Waals surface area contributed by atoms with Crippen molar-refractivity contribution in [3.63, 3.8) is 0 Å². The molecule has 1 heteroatoms. The van der Waals surface area contributed by atoms with E-state index in [0.29, 0.717) is 0 Å². The minimum absolute atomic E-state index is 0.241. The maximum atomic E-state index is 6.39. The third-order valence-electron chi connectivity index (χ3n) is 4.27. The molecule has 0 aromatic heterocycles. The van der Waals surface area contributed by atoms with Crippen LogP contribution in [0, 0.1) is 0 Å². The molecule has 2 aromatic rings. The molecular formula is C19H23N. The Hall–Kier alpha value is -1.60. The van der Waals surface area contributed by atoms with Crippen molar-refractivity contribution in [3.05, 3.63) is 59.7 Å². The van der Waals surface area contributed by atoms with Crippen LogP contribution in [0.25, 0.3) is 10.8 Å². The number of hydrogen-bond acceptors (Lipinski definition) is 1. The van der Waals surface area contributed by atoms with Crippen LogP contribution in [0.4, 0.5) is 0 Å². The van der Waals surface area contributed by atoms with Gasteiger partial charge in [-0.15, -0.1) is 0 Å². The van der Waals surface area contributed by atoms with Crippen LogP contribution in [-0.4, -0.2) is 6.04 Å². The molecule has 3 rings (SSSR count). The Labute approximate surface area is 121 Å². The summed E-state index contributed by atoms with van der Waals surface area (Å²) in [5, 5.41) is 2.66. The highest BCUT2D eigenvalue weighted by molar-refractivity contribution is 5.85. The fraction of sp³-hybridized carbons (Fsp3) is 0.368. The van der Waals surface area contributed by atoms with Crippen molar-refractivity contribution in [1.29, 1.82) is 0 Å². The van der Waals surface area contributed by atoms with E-state index in [4.69, 9.17) is 5.73 Å². The number of fused-ring (bicyclic) bond motifs is 1. The minimum atomic E-state index is 0.241. The summed E-state index contributed by atoms with van der Waals surface area (Å²) in [7, 11) is 0. The summed E-state index contributed by atoms with van der Waals surface area (Å²) in [6.45, 7) is 0. The van der Waals surface area contributed by atoms with Crippen LogP contribution < -0.4 is 5.73 Å². The predicted molar refractivity (Wildman–Crippen MR) is 86.8 cm³/mol. The molecule has 1 nitrogen and oxygen atoms in total. The Morgan fingerprint density at radius 2 is 1.80 bits per heavy atom. The summed E-state index contributed by atoms with van der Waals surface area (Å²) in [5.74, 6) is 0. The van der Waals surface area contributed by atoms with Gasteiger partial charge in [0.15, 0.2) is 0 Å². The van der Waals surface area contributed by atoms with E-state index in [1.807, 2.05) is 0 Å². The summed E-state index contributed by atoms with van der Waals surface area (Å²) in [4.78, 5) is 0. The summed E-state index contributed by atoms with van der Waals surface area (Å²) in [5.41, 5.74) is 9.34.